The first-order valence-electron chi connectivity index (χ1n) is 5.50. The third kappa shape index (κ3) is 3.09. The smallest absolute Gasteiger partial charge is 0.146 e. The third-order valence-corrected chi connectivity index (χ3v) is 4.06. The van der Waals surface area contributed by atoms with Crippen LogP contribution in [0.1, 0.15) is 32.6 Å². The lowest BCUT2D eigenvalue weighted by Crippen LogP contribution is -2.15. The monoisotopic (exact) mass is 223 g/mol. The van der Waals surface area contributed by atoms with Gasteiger partial charge in [-0.15, -0.1) is 22.0 Å². The maximum absolute atomic E-state index is 5.50. The Morgan fingerprint density at radius 1 is 1.33 bits per heavy atom. The molecule has 0 saturated heterocycles. The van der Waals surface area contributed by atoms with Crippen molar-refractivity contribution < 1.29 is 0 Å². The van der Waals surface area contributed by atoms with Gasteiger partial charge in [-0.05, 0) is 30.9 Å². The van der Waals surface area contributed by atoms with Crippen molar-refractivity contribution in [3.8, 4) is 0 Å². The first-order chi connectivity index (χ1) is 7.24. The van der Waals surface area contributed by atoms with Gasteiger partial charge in [-0.3, -0.25) is 0 Å². The molecule has 2 unspecified atom stereocenters. The van der Waals surface area contributed by atoms with Gasteiger partial charge < -0.3 is 5.73 Å². The molecule has 82 valence electrons. The third-order valence-electron chi connectivity index (χ3n) is 2.84. The molecule has 2 N–H and O–H groups in total. The fourth-order valence-electron chi connectivity index (χ4n) is 2.05. The lowest BCUT2D eigenvalue weighted by atomic mass is 9.91. The number of nitrogen functional groups attached to an aromatic ring is 1. The number of aromatic nitrogens is 2. The van der Waals surface area contributed by atoms with Crippen LogP contribution in [0.5, 0.6) is 0 Å². The predicted octanol–water partition coefficient (Wildman–Crippen LogP) is 2.73. The predicted molar refractivity (Wildman–Crippen MR) is 63.7 cm³/mol. The van der Waals surface area contributed by atoms with E-state index < -0.39 is 0 Å². The Bertz CT molecular complexity index is 312. The van der Waals surface area contributed by atoms with Gasteiger partial charge in [0.15, 0.2) is 0 Å². The van der Waals surface area contributed by atoms with Crippen LogP contribution >= 0.6 is 11.8 Å². The Kier molecular flexibility index (Phi) is 3.46. The molecule has 0 radical (unpaired) electrons. The van der Waals surface area contributed by atoms with Crippen molar-refractivity contribution in [3.05, 3.63) is 12.1 Å². The molecular formula is C11H17N3S. The van der Waals surface area contributed by atoms with E-state index in [1.54, 1.807) is 0 Å². The maximum Gasteiger partial charge on any atom is 0.146 e. The minimum Gasteiger partial charge on any atom is -0.382 e. The van der Waals surface area contributed by atoms with Crippen molar-refractivity contribution in [1.82, 2.24) is 10.2 Å². The Balaban J connectivity index is 1.93. The van der Waals surface area contributed by atoms with E-state index in [9.17, 15) is 0 Å². The standard InChI is InChI=1S/C11H17N3S/c1-8-3-2-4-9(7-8)15-11-6-5-10(12)13-14-11/h5-6,8-9H,2-4,7H2,1H3,(H2,12,13). The second-order valence-electron chi connectivity index (χ2n) is 4.31. The van der Waals surface area contributed by atoms with Crippen LogP contribution in [0, 0.1) is 5.92 Å². The average molecular weight is 223 g/mol. The lowest BCUT2D eigenvalue weighted by Gasteiger charge is -2.25. The van der Waals surface area contributed by atoms with Gasteiger partial charge in [0, 0.05) is 5.25 Å². The first kappa shape index (κ1) is 10.7. The largest absolute Gasteiger partial charge is 0.382 e. The summed E-state index contributed by atoms with van der Waals surface area (Å²) in [5.41, 5.74) is 5.50. The van der Waals surface area contributed by atoms with E-state index in [-0.39, 0.29) is 0 Å². The molecular weight excluding hydrogens is 206 g/mol. The second kappa shape index (κ2) is 4.84. The summed E-state index contributed by atoms with van der Waals surface area (Å²) >= 11 is 1.85. The van der Waals surface area contributed by atoms with Crippen molar-refractivity contribution in [3.63, 3.8) is 0 Å². The number of nitrogens with two attached hydrogens (primary N) is 1. The quantitative estimate of drug-likeness (QED) is 0.837. The lowest BCUT2D eigenvalue weighted by molar-refractivity contribution is 0.394. The molecule has 1 aliphatic carbocycles. The van der Waals surface area contributed by atoms with Crippen LogP contribution in [-0.4, -0.2) is 15.4 Å². The SMILES string of the molecule is CC1CCCC(Sc2ccc(N)nn2)C1. The summed E-state index contributed by atoms with van der Waals surface area (Å²) < 4.78 is 0. The number of nitrogens with zero attached hydrogens (tertiary/aromatic N) is 2. The van der Waals surface area contributed by atoms with E-state index >= 15 is 0 Å². The van der Waals surface area contributed by atoms with Gasteiger partial charge >= 0.3 is 0 Å². The van der Waals surface area contributed by atoms with E-state index in [4.69, 9.17) is 5.73 Å². The Morgan fingerprint density at radius 2 is 2.20 bits per heavy atom. The molecule has 0 amide bonds. The van der Waals surface area contributed by atoms with Crippen molar-refractivity contribution in [2.24, 2.45) is 5.92 Å². The van der Waals surface area contributed by atoms with Crippen LogP contribution in [-0.2, 0) is 0 Å². The summed E-state index contributed by atoms with van der Waals surface area (Å²) in [4.78, 5) is 0. The molecule has 1 aromatic heterocycles. The summed E-state index contributed by atoms with van der Waals surface area (Å²) in [5.74, 6) is 1.36. The molecule has 1 aromatic rings. The molecule has 0 spiro atoms. The molecule has 0 aromatic carbocycles. The Morgan fingerprint density at radius 3 is 2.87 bits per heavy atom. The molecule has 0 aliphatic heterocycles. The van der Waals surface area contributed by atoms with Crippen LogP contribution in [0.4, 0.5) is 5.82 Å². The zero-order chi connectivity index (χ0) is 10.7. The van der Waals surface area contributed by atoms with E-state index in [1.165, 1.54) is 25.7 Å². The molecule has 2 atom stereocenters. The number of thioether (sulfide) groups is 1. The number of hydrogen-bond acceptors (Lipinski definition) is 4. The topological polar surface area (TPSA) is 51.8 Å². The van der Waals surface area contributed by atoms with Crippen LogP contribution in [0.3, 0.4) is 0 Å². The minimum atomic E-state index is 0.497. The van der Waals surface area contributed by atoms with Crippen molar-refractivity contribution in [1.29, 1.82) is 0 Å². The molecule has 15 heavy (non-hydrogen) atoms. The highest BCUT2D eigenvalue weighted by atomic mass is 32.2. The van der Waals surface area contributed by atoms with Crippen LogP contribution in [0.15, 0.2) is 17.2 Å². The number of hydrogen-bond donors (Lipinski definition) is 1. The van der Waals surface area contributed by atoms with E-state index in [0.717, 1.165) is 10.9 Å². The Hall–Kier alpha value is -0.770. The van der Waals surface area contributed by atoms with Gasteiger partial charge in [-0.25, -0.2) is 0 Å². The molecule has 1 saturated carbocycles. The van der Waals surface area contributed by atoms with Gasteiger partial charge in [0.05, 0.1) is 0 Å². The summed E-state index contributed by atoms with van der Waals surface area (Å²) in [5, 5.41) is 9.67. The van der Waals surface area contributed by atoms with Crippen LogP contribution < -0.4 is 5.73 Å². The maximum atomic E-state index is 5.50. The highest BCUT2D eigenvalue weighted by molar-refractivity contribution is 7.99. The average Bonchev–Trinajstić information content (AvgIpc) is 2.22. The first-order valence-corrected chi connectivity index (χ1v) is 6.38. The van der Waals surface area contributed by atoms with Crippen molar-refractivity contribution in [2.45, 2.75) is 42.9 Å². The summed E-state index contributed by atoms with van der Waals surface area (Å²) in [6.45, 7) is 2.33. The fraction of sp³-hybridized carbons (Fsp3) is 0.636. The van der Waals surface area contributed by atoms with Gasteiger partial charge in [0.1, 0.15) is 10.8 Å². The highest BCUT2D eigenvalue weighted by Gasteiger charge is 2.20. The fourth-order valence-corrected chi connectivity index (χ4v) is 3.33. The summed E-state index contributed by atoms with van der Waals surface area (Å²) in [7, 11) is 0. The van der Waals surface area contributed by atoms with Gasteiger partial charge in [0.25, 0.3) is 0 Å². The minimum absolute atomic E-state index is 0.497. The number of anilines is 1. The van der Waals surface area contributed by atoms with Gasteiger partial charge in [-0.1, -0.05) is 19.8 Å². The van der Waals surface area contributed by atoms with Crippen molar-refractivity contribution >= 4 is 17.6 Å². The molecule has 1 heterocycles. The summed E-state index contributed by atoms with van der Waals surface area (Å²) in [6.07, 6.45) is 5.34. The Labute approximate surface area is 94.9 Å². The van der Waals surface area contributed by atoms with Crippen LogP contribution in [0.25, 0.3) is 0 Å². The van der Waals surface area contributed by atoms with Gasteiger partial charge in [-0.2, -0.15) is 0 Å². The van der Waals surface area contributed by atoms with Gasteiger partial charge in [0.2, 0.25) is 0 Å². The molecule has 0 bridgehead atoms. The highest BCUT2D eigenvalue weighted by Crippen LogP contribution is 2.34. The second-order valence-corrected chi connectivity index (χ2v) is 5.63. The zero-order valence-corrected chi connectivity index (χ0v) is 9.83. The number of rotatable bonds is 2. The van der Waals surface area contributed by atoms with E-state index in [0.29, 0.717) is 11.1 Å². The molecule has 3 nitrogen and oxygen atoms in total. The van der Waals surface area contributed by atoms with Crippen molar-refractivity contribution in [2.75, 3.05) is 5.73 Å². The molecule has 2 rings (SSSR count). The normalized spacial score (nSPS) is 26.5. The molecule has 1 fully saturated rings. The van der Waals surface area contributed by atoms with E-state index in [2.05, 4.69) is 17.1 Å². The zero-order valence-electron chi connectivity index (χ0n) is 9.02. The van der Waals surface area contributed by atoms with E-state index in [1.807, 2.05) is 23.9 Å². The molecule has 1 aliphatic rings. The molecule has 4 heteroatoms. The van der Waals surface area contributed by atoms with Crippen LogP contribution in [0.2, 0.25) is 0 Å². The summed E-state index contributed by atoms with van der Waals surface area (Å²) in [6, 6.07) is 3.79.